The van der Waals surface area contributed by atoms with Crippen LogP contribution in [0.5, 0.6) is 0 Å². The normalized spacial score (nSPS) is 10.0. The smallest absolute Gasteiger partial charge is 0.338 e. The van der Waals surface area contributed by atoms with Gasteiger partial charge in [-0.15, -0.1) is 0 Å². The number of unbranched alkanes of at least 4 members (excludes halogenated alkanes) is 1. The lowest BCUT2D eigenvalue weighted by atomic mass is 10.1. The van der Waals surface area contributed by atoms with Crippen LogP contribution in [0, 0.1) is 10.1 Å². The first-order valence-electron chi connectivity index (χ1n) is 6.29. The molecule has 0 amide bonds. The van der Waals surface area contributed by atoms with Crippen molar-refractivity contribution in [3.8, 4) is 0 Å². The van der Waals surface area contributed by atoms with Gasteiger partial charge in [-0.2, -0.15) is 0 Å². The molecule has 0 aromatic heterocycles. The van der Waals surface area contributed by atoms with Crippen LogP contribution in [0.1, 0.15) is 37.0 Å². The van der Waals surface area contributed by atoms with Crippen LogP contribution in [0.3, 0.4) is 0 Å². The first kappa shape index (κ1) is 14.9. The van der Waals surface area contributed by atoms with Crippen molar-refractivity contribution in [2.75, 3.05) is 18.5 Å². The van der Waals surface area contributed by atoms with Crippen LogP contribution in [0.15, 0.2) is 18.2 Å². The lowest BCUT2D eigenvalue weighted by Crippen LogP contribution is -2.08. The molecule has 1 aromatic carbocycles. The second-order valence-corrected chi connectivity index (χ2v) is 3.99. The summed E-state index contributed by atoms with van der Waals surface area (Å²) in [5.41, 5.74) is 0.625. The summed E-state index contributed by atoms with van der Waals surface area (Å²) < 4.78 is 4.87. The number of carbonyl (C=O) groups is 1. The van der Waals surface area contributed by atoms with E-state index in [2.05, 4.69) is 5.32 Å². The van der Waals surface area contributed by atoms with Crippen LogP contribution >= 0.6 is 0 Å². The number of esters is 1. The molecule has 0 heterocycles. The number of nitro benzene ring substituents is 1. The molecule has 0 saturated heterocycles. The molecule has 0 spiro atoms. The fourth-order valence-corrected chi connectivity index (χ4v) is 1.58. The molecule has 1 aromatic rings. The molecule has 0 aliphatic rings. The van der Waals surface area contributed by atoms with Gasteiger partial charge in [0.1, 0.15) is 5.69 Å². The Labute approximate surface area is 111 Å². The third-order valence-corrected chi connectivity index (χ3v) is 2.55. The first-order valence-corrected chi connectivity index (χ1v) is 6.29. The highest BCUT2D eigenvalue weighted by molar-refractivity contribution is 5.91. The molecule has 0 radical (unpaired) electrons. The summed E-state index contributed by atoms with van der Waals surface area (Å²) in [7, 11) is 0. The maximum atomic E-state index is 11.6. The summed E-state index contributed by atoms with van der Waals surface area (Å²) in [5.74, 6) is -0.476. The second-order valence-electron chi connectivity index (χ2n) is 3.99. The fourth-order valence-electron chi connectivity index (χ4n) is 1.58. The molecule has 0 saturated carbocycles. The van der Waals surface area contributed by atoms with E-state index in [0.29, 0.717) is 17.8 Å². The van der Waals surface area contributed by atoms with Gasteiger partial charge >= 0.3 is 5.97 Å². The topological polar surface area (TPSA) is 81.5 Å². The standard InChI is InChI=1S/C13H18N2O4/c1-3-5-8-14-11-9-10(13(16)19-4-2)6-7-12(11)15(17)18/h6-7,9,14H,3-5,8H2,1-2H3. The highest BCUT2D eigenvalue weighted by Crippen LogP contribution is 2.25. The predicted octanol–water partition coefficient (Wildman–Crippen LogP) is 2.98. The summed E-state index contributed by atoms with van der Waals surface area (Å²) in [6.07, 6.45) is 1.89. The van der Waals surface area contributed by atoms with E-state index >= 15 is 0 Å². The number of benzene rings is 1. The zero-order valence-corrected chi connectivity index (χ0v) is 11.1. The monoisotopic (exact) mass is 266 g/mol. The third kappa shape index (κ3) is 4.24. The number of nitrogens with zero attached hydrogens (tertiary/aromatic N) is 1. The number of nitrogens with one attached hydrogen (secondary N) is 1. The molecule has 1 rings (SSSR count). The van der Waals surface area contributed by atoms with Crippen molar-refractivity contribution in [3.05, 3.63) is 33.9 Å². The van der Waals surface area contributed by atoms with Gasteiger partial charge in [-0.3, -0.25) is 10.1 Å². The number of hydrogen-bond donors (Lipinski definition) is 1. The molecular weight excluding hydrogens is 248 g/mol. The Kier molecular flexibility index (Phi) is 5.78. The molecule has 0 atom stereocenters. The Hall–Kier alpha value is -2.11. The van der Waals surface area contributed by atoms with Gasteiger partial charge in [-0.05, 0) is 25.5 Å². The Bertz CT molecular complexity index is 460. The van der Waals surface area contributed by atoms with Gasteiger partial charge in [0.15, 0.2) is 0 Å². The van der Waals surface area contributed by atoms with Gasteiger partial charge in [-0.1, -0.05) is 13.3 Å². The summed E-state index contributed by atoms with van der Waals surface area (Å²) in [5, 5.41) is 13.9. The van der Waals surface area contributed by atoms with Gasteiger partial charge in [0.25, 0.3) is 5.69 Å². The number of nitro groups is 1. The average Bonchev–Trinajstić information content (AvgIpc) is 2.39. The van der Waals surface area contributed by atoms with Crippen LogP contribution in [0.4, 0.5) is 11.4 Å². The maximum absolute atomic E-state index is 11.6. The van der Waals surface area contributed by atoms with Crippen molar-refractivity contribution >= 4 is 17.3 Å². The summed E-state index contributed by atoms with van der Waals surface area (Å²) >= 11 is 0. The van der Waals surface area contributed by atoms with Crippen molar-refractivity contribution in [2.24, 2.45) is 0 Å². The van der Waals surface area contributed by atoms with E-state index in [1.165, 1.54) is 18.2 Å². The molecule has 0 bridgehead atoms. The molecule has 104 valence electrons. The minimum absolute atomic E-state index is 0.0378. The summed E-state index contributed by atoms with van der Waals surface area (Å²) in [6.45, 7) is 4.65. The first-order chi connectivity index (χ1) is 9.10. The molecule has 0 unspecified atom stereocenters. The summed E-state index contributed by atoms with van der Waals surface area (Å²) in [6, 6.07) is 4.19. The van der Waals surface area contributed by atoms with E-state index < -0.39 is 10.9 Å². The Morgan fingerprint density at radius 3 is 2.74 bits per heavy atom. The van der Waals surface area contributed by atoms with Crippen LogP contribution in [-0.4, -0.2) is 24.0 Å². The zero-order chi connectivity index (χ0) is 14.3. The highest BCUT2D eigenvalue weighted by Gasteiger charge is 2.16. The van der Waals surface area contributed by atoms with Gasteiger partial charge < -0.3 is 10.1 Å². The molecule has 1 N–H and O–H groups in total. The van der Waals surface area contributed by atoms with Crippen molar-refractivity contribution in [1.82, 2.24) is 0 Å². The van der Waals surface area contributed by atoms with E-state index in [9.17, 15) is 14.9 Å². The van der Waals surface area contributed by atoms with Crippen LogP contribution in [0.25, 0.3) is 0 Å². The van der Waals surface area contributed by atoms with Gasteiger partial charge in [0, 0.05) is 12.6 Å². The number of anilines is 1. The van der Waals surface area contributed by atoms with E-state index in [0.717, 1.165) is 12.8 Å². The van der Waals surface area contributed by atoms with Crippen LogP contribution in [-0.2, 0) is 4.74 Å². The minimum Gasteiger partial charge on any atom is -0.462 e. The number of carbonyl (C=O) groups excluding carboxylic acids is 1. The molecule has 19 heavy (non-hydrogen) atoms. The van der Waals surface area contributed by atoms with Gasteiger partial charge in [-0.25, -0.2) is 4.79 Å². The highest BCUT2D eigenvalue weighted by atomic mass is 16.6. The van der Waals surface area contributed by atoms with E-state index in [1.807, 2.05) is 6.92 Å². The SMILES string of the molecule is CCCCNc1cc(C(=O)OCC)ccc1[N+](=O)[O-]. The number of rotatable bonds is 7. The van der Waals surface area contributed by atoms with Crippen molar-refractivity contribution in [1.29, 1.82) is 0 Å². The largest absolute Gasteiger partial charge is 0.462 e. The van der Waals surface area contributed by atoms with Crippen molar-refractivity contribution in [3.63, 3.8) is 0 Å². The lowest BCUT2D eigenvalue weighted by Gasteiger charge is -2.08. The van der Waals surface area contributed by atoms with Crippen molar-refractivity contribution in [2.45, 2.75) is 26.7 Å². The maximum Gasteiger partial charge on any atom is 0.338 e. The molecule has 0 aliphatic carbocycles. The second kappa shape index (κ2) is 7.35. The van der Waals surface area contributed by atoms with E-state index in [-0.39, 0.29) is 12.3 Å². The predicted molar refractivity (Wildman–Crippen MR) is 72.5 cm³/mol. The number of hydrogen-bond acceptors (Lipinski definition) is 5. The zero-order valence-electron chi connectivity index (χ0n) is 11.1. The van der Waals surface area contributed by atoms with E-state index in [4.69, 9.17) is 4.74 Å². The van der Waals surface area contributed by atoms with Gasteiger partial charge in [0.2, 0.25) is 0 Å². The van der Waals surface area contributed by atoms with E-state index in [1.54, 1.807) is 6.92 Å². The molecule has 6 heteroatoms. The number of ether oxygens (including phenoxy) is 1. The molecule has 0 aliphatic heterocycles. The fraction of sp³-hybridized carbons (Fsp3) is 0.462. The lowest BCUT2D eigenvalue weighted by molar-refractivity contribution is -0.384. The Morgan fingerprint density at radius 2 is 2.16 bits per heavy atom. The third-order valence-electron chi connectivity index (χ3n) is 2.55. The summed E-state index contributed by atoms with van der Waals surface area (Å²) in [4.78, 5) is 22.0. The van der Waals surface area contributed by atoms with Crippen LogP contribution < -0.4 is 5.32 Å². The minimum atomic E-state index is -0.476. The average molecular weight is 266 g/mol. The Balaban J connectivity index is 2.96. The molecule has 6 nitrogen and oxygen atoms in total. The van der Waals surface area contributed by atoms with Crippen molar-refractivity contribution < 1.29 is 14.5 Å². The molecule has 0 fully saturated rings. The van der Waals surface area contributed by atoms with Gasteiger partial charge in [0.05, 0.1) is 17.1 Å². The quantitative estimate of drug-likeness (QED) is 0.355. The molecular formula is C13H18N2O4. The Morgan fingerprint density at radius 1 is 1.42 bits per heavy atom. The van der Waals surface area contributed by atoms with Crippen LogP contribution in [0.2, 0.25) is 0 Å².